The summed E-state index contributed by atoms with van der Waals surface area (Å²) in [4.78, 5) is 27.2. The van der Waals surface area contributed by atoms with Gasteiger partial charge in [0, 0.05) is 29.2 Å². The Balaban J connectivity index is 1.41. The summed E-state index contributed by atoms with van der Waals surface area (Å²) in [5.74, 6) is 3.47. The van der Waals surface area contributed by atoms with Gasteiger partial charge in [-0.05, 0) is 121 Å². The van der Waals surface area contributed by atoms with Crippen molar-refractivity contribution in [1.82, 2.24) is 10.7 Å². The van der Waals surface area contributed by atoms with Crippen LogP contribution in [-0.2, 0) is 30.3 Å². The van der Waals surface area contributed by atoms with Crippen molar-refractivity contribution in [3.63, 3.8) is 0 Å². The number of fused-ring (bicyclic) bond motifs is 1. The molecule has 46 heavy (non-hydrogen) atoms. The number of allylic oxidation sites excluding steroid dienone is 2. The third kappa shape index (κ3) is 6.26. The molecule has 2 fully saturated rings. The lowest BCUT2D eigenvalue weighted by atomic mass is 9.85. The molecule has 1 amide bonds. The Bertz CT molecular complexity index is 1720. The first-order valence-corrected chi connectivity index (χ1v) is 18.2. The molecule has 0 spiro atoms. The van der Waals surface area contributed by atoms with Crippen LogP contribution in [0.4, 0.5) is 14.5 Å². The van der Waals surface area contributed by atoms with Gasteiger partial charge in [0.15, 0.2) is 0 Å². The molecule has 246 valence electrons. The van der Waals surface area contributed by atoms with Crippen LogP contribution in [0, 0.1) is 35.3 Å². The molecule has 7 atom stereocenters. The minimum Gasteiger partial charge on any atom is -0.466 e. The van der Waals surface area contributed by atoms with E-state index >= 15 is 4.39 Å². The van der Waals surface area contributed by atoms with E-state index in [1.54, 1.807) is 50.0 Å². The molecule has 0 bridgehead atoms. The highest BCUT2D eigenvalue weighted by atomic mass is 32.2. The van der Waals surface area contributed by atoms with Gasteiger partial charge in [0.1, 0.15) is 17.2 Å². The van der Waals surface area contributed by atoms with Crippen LogP contribution >= 0.6 is 0 Å². The highest BCUT2D eigenvalue weighted by Crippen LogP contribution is 2.57. The predicted octanol–water partition coefficient (Wildman–Crippen LogP) is 5.41. The lowest BCUT2D eigenvalue weighted by Gasteiger charge is -2.33. The number of benzene rings is 2. The molecule has 0 saturated heterocycles. The van der Waals surface area contributed by atoms with Gasteiger partial charge in [-0.3, -0.25) is 18.8 Å². The van der Waals surface area contributed by atoms with Crippen LogP contribution in [0.1, 0.15) is 57.6 Å². The summed E-state index contributed by atoms with van der Waals surface area (Å²) < 4.78 is 49.3. The summed E-state index contributed by atoms with van der Waals surface area (Å²) in [6.07, 6.45) is 3.48. The number of rotatable bonds is 10. The van der Waals surface area contributed by atoms with Gasteiger partial charge in [-0.2, -0.15) is 0 Å². The van der Waals surface area contributed by atoms with Crippen molar-refractivity contribution in [1.29, 1.82) is 0 Å². The number of carbonyl (C=O) groups excluding carboxylic acids is 2. The van der Waals surface area contributed by atoms with E-state index in [4.69, 9.17) is 4.74 Å². The van der Waals surface area contributed by atoms with E-state index < -0.39 is 32.8 Å². The Kier molecular flexibility index (Phi) is 8.65. The molecular formula is C36H43F2N3O4S. The van der Waals surface area contributed by atoms with Gasteiger partial charge in [0.25, 0.3) is 0 Å². The first kappa shape index (κ1) is 32.4. The normalized spacial score (nSPS) is 30.4. The lowest BCUT2D eigenvalue weighted by molar-refractivity contribution is -0.144. The van der Waals surface area contributed by atoms with Gasteiger partial charge in [-0.15, -0.1) is 0 Å². The van der Waals surface area contributed by atoms with Crippen LogP contribution in [0.15, 0.2) is 60.3 Å². The molecule has 0 aromatic heterocycles. The van der Waals surface area contributed by atoms with E-state index in [0.29, 0.717) is 46.2 Å². The quantitative estimate of drug-likeness (QED) is 0.264. The van der Waals surface area contributed by atoms with Crippen molar-refractivity contribution in [2.45, 2.75) is 64.5 Å². The minimum atomic E-state index is -2.70. The maximum atomic E-state index is 15.9. The fourth-order valence-corrected chi connectivity index (χ4v) is 9.95. The summed E-state index contributed by atoms with van der Waals surface area (Å²) in [5.41, 5.74) is 5.34. The molecule has 4 aliphatic rings. The average molecular weight is 652 g/mol. The second kappa shape index (κ2) is 12.3. The van der Waals surface area contributed by atoms with Crippen molar-refractivity contribution in [3.8, 4) is 0 Å². The molecule has 2 aliphatic carbocycles. The van der Waals surface area contributed by atoms with Crippen molar-refractivity contribution < 1.29 is 27.3 Å². The number of nitrogens with one attached hydrogen (secondary N) is 2. The summed E-state index contributed by atoms with van der Waals surface area (Å²) in [6, 6.07) is 10.6. The molecule has 2 N–H and O–H groups in total. The molecule has 2 heterocycles. The SMILES string of the molecule is C=C(C)c1ccc(N2NC(C)(C(=O)N[C@H](CC(=O)OCC)C3CCC4CC43)C3=C2[C@H](Cc2cccc(F)c2)CS(=C)(=O)C3)c(F)c1. The molecule has 6 rings (SSSR count). The van der Waals surface area contributed by atoms with Crippen molar-refractivity contribution in [3.05, 3.63) is 83.1 Å². The lowest BCUT2D eigenvalue weighted by Crippen LogP contribution is -2.60. The number of hydrazine groups is 1. The number of halogens is 2. The Morgan fingerprint density at radius 2 is 2.00 bits per heavy atom. The number of esters is 1. The van der Waals surface area contributed by atoms with Gasteiger partial charge >= 0.3 is 5.97 Å². The number of nitrogens with zero attached hydrogens (tertiary/aromatic N) is 1. The van der Waals surface area contributed by atoms with Gasteiger partial charge in [-0.25, -0.2) is 14.2 Å². The standard InChI is InChI=1S/C36H43F2N3O4S/c1-6-45-33(42)18-31(27-12-10-24-16-28(24)27)39-35(43)36(4)29-20-46(5,44)19-25(14-22-8-7-9-26(37)15-22)34(29)41(40-36)32-13-11-23(21(2)3)17-30(32)38/h7-9,11,13,15,17,24-25,27-28,31,40H,2,5-6,10,12,14,16,18-20H2,1,3-4H3,(H,39,43)/t24?,25-,27?,28?,31-,36?,46?/m1/s1. The summed E-state index contributed by atoms with van der Waals surface area (Å²) >= 11 is 0. The van der Waals surface area contributed by atoms with Crippen LogP contribution < -0.4 is 15.8 Å². The third-order valence-electron chi connectivity index (χ3n) is 10.2. The number of anilines is 1. The van der Waals surface area contributed by atoms with Crippen molar-refractivity contribution >= 4 is 38.5 Å². The Labute approximate surface area is 270 Å². The molecule has 10 heteroatoms. The van der Waals surface area contributed by atoms with E-state index in [1.807, 2.05) is 0 Å². The molecule has 2 saturated carbocycles. The largest absolute Gasteiger partial charge is 0.466 e. The summed E-state index contributed by atoms with van der Waals surface area (Å²) in [5, 5.41) is 4.81. The summed E-state index contributed by atoms with van der Waals surface area (Å²) in [6.45, 7) is 9.45. The zero-order valence-corrected chi connectivity index (χ0v) is 27.6. The molecule has 2 aliphatic heterocycles. The number of hydrogen-bond acceptors (Lipinski definition) is 6. The topological polar surface area (TPSA) is 87.7 Å². The molecule has 2 aromatic carbocycles. The smallest absolute Gasteiger partial charge is 0.307 e. The first-order chi connectivity index (χ1) is 21.8. The third-order valence-corrected chi connectivity index (χ3v) is 12.0. The molecule has 7 nitrogen and oxygen atoms in total. The van der Waals surface area contributed by atoms with Gasteiger partial charge < -0.3 is 10.1 Å². The zero-order valence-electron chi connectivity index (χ0n) is 26.7. The van der Waals surface area contributed by atoms with Crippen LogP contribution in [0.3, 0.4) is 0 Å². The van der Waals surface area contributed by atoms with Gasteiger partial charge in [0.2, 0.25) is 5.91 Å². The van der Waals surface area contributed by atoms with Gasteiger partial charge in [-0.1, -0.05) is 30.4 Å². The second-order valence-corrected chi connectivity index (χ2v) is 16.2. The fourth-order valence-electron chi connectivity index (χ4n) is 7.86. The van der Waals surface area contributed by atoms with Crippen LogP contribution in [0.2, 0.25) is 0 Å². The monoisotopic (exact) mass is 651 g/mol. The maximum absolute atomic E-state index is 15.9. The molecule has 5 unspecified atom stereocenters. The number of ether oxygens (including phenoxy) is 1. The predicted molar refractivity (Wildman–Crippen MR) is 178 cm³/mol. The average Bonchev–Trinajstić information content (AvgIpc) is 3.53. The van der Waals surface area contributed by atoms with Crippen LogP contribution in [0.5, 0.6) is 0 Å². The Morgan fingerprint density at radius 3 is 2.63 bits per heavy atom. The summed E-state index contributed by atoms with van der Waals surface area (Å²) in [7, 11) is -2.70. The molecular weight excluding hydrogens is 608 g/mol. The van der Waals surface area contributed by atoms with Crippen molar-refractivity contribution in [2.75, 3.05) is 23.1 Å². The Hall–Kier alpha value is -3.50. The number of hydrogen-bond donors (Lipinski definition) is 2. The van der Waals surface area contributed by atoms with E-state index in [9.17, 15) is 18.2 Å². The van der Waals surface area contributed by atoms with Gasteiger partial charge in [0.05, 0.1) is 18.7 Å². The van der Waals surface area contributed by atoms with Crippen LogP contribution in [-0.4, -0.2) is 51.6 Å². The molecule has 0 radical (unpaired) electrons. The Morgan fingerprint density at radius 1 is 1.22 bits per heavy atom. The zero-order chi connectivity index (χ0) is 33.0. The van der Waals surface area contributed by atoms with E-state index in [2.05, 4.69) is 23.2 Å². The number of amides is 1. The second-order valence-electron chi connectivity index (χ2n) is 13.7. The molecule has 2 aromatic rings. The van der Waals surface area contributed by atoms with E-state index in [1.165, 1.54) is 18.2 Å². The maximum Gasteiger partial charge on any atom is 0.307 e. The highest BCUT2D eigenvalue weighted by Gasteiger charge is 2.55. The van der Waals surface area contributed by atoms with E-state index in [0.717, 1.165) is 19.3 Å². The first-order valence-electron chi connectivity index (χ1n) is 16.1. The van der Waals surface area contributed by atoms with E-state index in [-0.39, 0.29) is 53.8 Å². The number of carbonyl (C=O) groups is 2. The van der Waals surface area contributed by atoms with Crippen molar-refractivity contribution in [2.24, 2.45) is 23.7 Å². The highest BCUT2D eigenvalue weighted by molar-refractivity contribution is 8.00. The van der Waals surface area contributed by atoms with Crippen LogP contribution in [0.25, 0.3) is 5.57 Å². The fraction of sp³-hybridized carbons (Fsp3) is 0.472. The minimum absolute atomic E-state index is 0.0392.